The number of benzene rings is 1. The van der Waals surface area contributed by atoms with Gasteiger partial charge in [-0.3, -0.25) is 9.59 Å². The Balaban J connectivity index is 1.51. The van der Waals surface area contributed by atoms with E-state index in [9.17, 15) is 9.59 Å². The number of carbonyl (C=O) groups is 2. The predicted molar refractivity (Wildman–Crippen MR) is 106 cm³/mol. The van der Waals surface area contributed by atoms with Crippen molar-refractivity contribution in [3.63, 3.8) is 0 Å². The summed E-state index contributed by atoms with van der Waals surface area (Å²) < 4.78 is 1.03. The van der Waals surface area contributed by atoms with Crippen LogP contribution in [0.5, 0.6) is 0 Å². The van der Waals surface area contributed by atoms with Gasteiger partial charge in [-0.25, -0.2) is 4.98 Å². The number of nitrogens with one attached hydrogen (secondary N) is 1. The van der Waals surface area contributed by atoms with Gasteiger partial charge in [0.25, 0.3) is 5.91 Å². The molecule has 4 rings (SSSR count). The highest BCUT2D eigenvalue weighted by atomic mass is 32.1. The number of amides is 2. The third-order valence-corrected chi connectivity index (χ3v) is 6.81. The van der Waals surface area contributed by atoms with Gasteiger partial charge in [-0.2, -0.15) is 0 Å². The molecule has 1 aromatic carbocycles. The Morgan fingerprint density at radius 1 is 1.23 bits per heavy atom. The molecular weight excluding hydrogens is 366 g/mol. The first-order valence-corrected chi connectivity index (χ1v) is 10.2. The second kappa shape index (κ2) is 6.81. The normalized spacial score (nSPS) is 17.0. The maximum atomic E-state index is 12.9. The molecule has 3 aromatic rings. The third-order valence-electron chi connectivity index (χ3n) is 4.72. The Labute approximate surface area is 159 Å². The van der Waals surface area contributed by atoms with Crippen LogP contribution in [0, 0.1) is 13.8 Å². The monoisotopic (exact) mass is 385 g/mol. The van der Waals surface area contributed by atoms with Crippen molar-refractivity contribution < 1.29 is 9.59 Å². The average Bonchev–Trinajstić information content (AvgIpc) is 3.32. The third kappa shape index (κ3) is 3.12. The molecule has 134 valence electrons. The molecule has 3 heterocycles. The topological polar surface area (TPSA) is 62.3 Å². The summed E-state index contributed by atoms with van der Waals surface area (Å²) in [5.74, 6) is -0.201. The Hall–Kier alpha value is -2.25. The molecule has 1 atom stereocenters. The zero-order chi connectivity index (χ0) is 18.3. The van der Waals surface area contributed by atoms with Crippen LogP contribution in [-0.4, -0.2) is 34.3 Å². The molecule has 0 radical (unpaired) electrons. The highest BCUT2D eigenvalue weighted by molar-refractivity contribution is 7.22. The van der Waals surface area contributed by atoms with E-state index in [1.54, 1.807) is 4.90 Å². The maximum absolute atomic E-state index is 12.9. The molecule has 0 saturated carbocycles. The van der Waals surface area contributed by atoms with Gasteiger partial charge in [0, 0.05) is 11.4 Å². The summed E-state index contributed by atoms with van der Waals surface area (Å²) in [5, 5.41) is 3.49. The zero-order valence-corrected chi connectivity index (χ0v) is 16.2. The molecule has 1 aliphatic heterocycles. The fourth-order valence-corrected chi connectivity index (χ4v) is 5.08. The number of fused-ring (bicyclic) bond motifs is 1. The molecule has 1 N–H and O–H groups in total. The van der Waals surface area contributed by atoms with Crippen LogP contribution in [0.15, 0.2) is 30.3 Å². The van der Waals surface area contributed by atoms with Crippen LogP contribution in [-0.2, 0) is 4.79 Å². The van der Waals surface area contributed by atoms with E-state index in [0.717, 1.165) is 27.1 Å². The summed E-state index contributed by atoms with van der Waals surface area (Å²) in [4.78, 5) is 33.6. The van der Waals surface area contributed by atoms with Crippen molar-refractivity contribution in [2.75, 3.05) is 11.9 Å². The lowest BCUT2D eigenvalue weighted by atomic mass is 10.2. The van der Waals surface area contributed by atoms with E-state index in [2.05, 4.69) is 10.3 Å². The number of hydrogen-bond acceptors (Lipinski definition) is 5. The minimum absolute atomic E-state index is 0.0480. The molecule has 2 amide bonds. The van der Waals surface area contributed by atoms with Crippen LogP contribution < -0.4 is 5.32 Å². The van der Waals surface area contributed by atoms with E-state index in [-0.39, 0.29) is 11.8 Å². The van der Waals surface area contributed by atoms with Crippen molar-refractivity contribution >= 4 is 49.8 Å². The lowest BCUT2D eigenvalue weighted by Gasteiger charge is -2.22. The number of likely N-dealkylation sites (tertiary alicyclic amines) is 1. The van der Waals surface area contributed by atoms with Crippen LogP contribution in [0.3, 0.4) is 0 Å². The van der Waals surface area contributed by atoms with Crippen LogP contribution in [0.2, 0.25) is 0 Å². The molecular formula is C19H19N3O2S2. The van der Waals surface area contributed by atoms with Gasteiger partial charge in [-0.15, -0.1) is 11.3 Å². The highest BCUT2D eigenvalue weighted by Gasteiger charge is 2.35. The number of thiazole rings is 1. The van der Waals surface area contributed by atoms with Crippen molar-refractivity contribution in [2.24, 2.45) is 0 Å². The molecule has 1 aliphatic rings. The summed E-state index contributed by atoms with van der Waals surface area (Å²) in [6.07, 6.45) is 1.53. The molecule has 1 fully saturated rings. The molecule has 0 aliphatic carbocycles. The second-order valence-corrected chi connectivity index (χ2v) is 8.77. The van der Waals surface area contributed by atoms with Gasteiger partial charge in [0.05, 0.1) is 15.1 Å². The van der Waals surface area contributed by atoms with Crippen molar-refractivity contribution in [2.45, 2.75) is 32.7 Å². The van der Waals surface area contributed by atoms with Gasteiger partial charge in [0.1, 0.15) is 6.04 Å². The standard InChI is InChI=1S/C19H19N3O2S2/c1-11-10-16(25-12(11)2)18(24)22-9-5-7-14(22)17(23)21-19-20-13-6-3-4-8-15(13)26-19/h3-4,6,8,10,14H,5,7,9H2,1-2H3,(H,20,21,23). The number of rotatable bonds is 3. The average molecular weight is 386 g/mol. The predicted octanol–water partition coefficient (Wildman–Crippen LogP) is 4.22. The number of thiophene rings is 1. The van der Waals surface area contributed by atoms with Crippen molar-refractivity contribution in [1.82, 2.24) is 9.88 Å². The summed E-state index contributed by atoms with van der Waals surface area (Å²) in [7, 11) is 0. The number of hydrogen-bond donors (Lipinski definition) is 1. The van der Waals surface area contributed by atoms with Crippen LogP contribution in [0.1, 0.15) is 33.0 Å². The summed E-state index contributed by atoms with van der Waals surface area (Å²) >= 11 is 2.95. The lowest BCUT2D eigenvalue weighted by Crippen LogP contribution is -2.42. The van der Waals surface area contributed by atoms with Crippen LogP contribution >= 0.6 is 22.7 Å². The maximum Gasteiger partial charge on any atom is 0.264 e. The minimum Gasteiger partial charge on any atom is -0.326 e. The van der Waals surface area contributed by atoms with Gasteiger partial charge in [-0.1, -0.05) is 23.5 Å². The number of anilines is 1. The number of aromatic nitrogens is 1. The lowest BCUT2D eigenvalue weighted by molar-refractivity contribution is -0.119. The second-order valence-electron chi connectivity index (χ2n) is 6.48. The van der Waals surface area contributed by atoms with E-state index in [0.29, 0.717) is 23.0 Å². The minimum atomic E-state index is -0.433. The van der Waals surface area contributed by atoms with E-state index in [1.165, 1.54) is 22.7 Å². The molecule has 26 heavy (non-hydrogen) atoms. The molecule has 0 bridgehead atoms. The summed E-state index contributed by atoms with van der Waals surface area (Å²) in [6, 6.07) is 9.27. The fourth-order valence-electron chi connectivity index (χ4n) is 3.22. The highest BCUT2D eigenvalue weighted by Crippen LogP contribution is 2.29. The first-order chi connectivity index (χ1) is 12.5. The number of para-hydroxylation sites is 1. The fraction of sp³-hybridized carbons (Fsp3) is 0.316. The van der Waals surface area contributed by atoms with Gasteiger partial charge in [-0.05, 0) is 50.5 Å². The SMILES string of the molecule is Cc1cc(C(=O)N2CCCC2C(=O)Nc2nc3ccccc3s2)sc1C. The zero-order valence-electron chi connectivity index (χ0n) is 14.6. The smallest absolute Gasteiger partial charge is 0.264 e. The van der Waals surface area contributed by atoms with E-state index in [4.69, 9.17) is 0 Å². The molecule has 1 saturated heterocycles. The Kier molecular flexibility index (Phi) is 4.50. The number of nitrogens with zero attached hydrogens (tertiary/aromatic N) is 2. The van der Waals surface area contributed by atoms with Crippen molar-refractivity contribution in [3.8, 4) is 0 Å². The Morgan fingerprint density at radius 2 is 2.04 bits per heavy atom. The first-order valence-electron chi connectivity index (χ1n) is 8.57. The Morgan fingerprint density at radius 3 is 2.77 bits per heavy atom. The number of aryl methyl sites for hydroxylation is 2. The van der Waals surface area contributed by atoms with Crippen LogP contribution in [0.25, 0.3) is 10.2 Å². The molecule has 5 nitrogen and oxygen atoms in total. The Bertz CT molecular complexity index is 939. The molecule has 7 heteroatoms. The van der Waals surface area contributed by atoms with E-state index in [1.807, 2.05) is 44.2 Å². The van der Waals surface area contributed by atoms with Crippen molar-refractivity contribution in [1.29, 1.82) is 0 Å². The summed E-state index contributed by atoms with van der Waals surface area (Å²) in [6.45, 7) is 4.63. The van der Waals surface area contributed by atoms with E-state index < -0.39 is 6.04 Å². The van der Waals surface area contributed by atoms with Gasteiger partial charge < -0.3 is 10.2 Å². The van der Waals surface area contributed by atoms with E-state index >= 15 is 0 Å². The largest absolute Gasteiger partial charge is 0.326 e. The van der Waals surface area contributed by atoms with Gasteiger partial charge in [0.15, 0.2) is 5.13 Å². The van der Waals surface area contributed by atoms with Crippen LogP contribution in [0.4, 0.5) is 5.13 Å². The first kappa shape index (κ1) is 17.2. The number of carbonyl (C=O) groups excluding carboxylic acids is 2. The quantitative estimate of drug-likeness (QED) is 0.734. The van der Waals surface area contributed by atoms with Gasteiger partial charge >= 0.3 is 0 Å². The molecule has 2 aromatic heterocycles. The molecule has 1 unspecified atom stereocenters. The van der Waals surface area contributed by atoms with Crippen molar-refractivity contribution in [3.05, 3.63) is 45.6 Å². The summed E-state index contributed by atoms with van der Waals surface area (Å²) in [5.41, 5.74) is 1.99. The molecule has 0 spiro atoms. The van der Waals surface area contributed by atoms with Gasteiger partial charge in [0.2, 0.25) is 5.91 Å².